The number of likely N-dealkylation sites (N-methyl/N-ethyl adjacent to an activating group) is 1. The molecule has 2 N–H and O–H groups in total. The quantitative estimate of drug-likeness (QED) is 0.633. The largest absolute Gasteiger partial charge is 0.352 e. The van der Waals surface area contributed by atoms with Crippen LogP contribution >= 0.6 is 0 Å². The highest BCUT2D eigenvalue weighted by molar-refractivity contribution is 5.88. The zero-order chi connectivity index (χ0) is 22.1. The van der Waals surface area contributed by atoms with Crippen molar-refractivity contribution in [2.75, 3.05) is 20.6 Å². The number of nitrogens with one attached hydrogen (secondary N) is 2. The Morgan fingerprint density at radius 2 is 1.57 bits per heavy atom. The second kappa shape index (κ2) is 11.5. The molecule has 0 fully saturated rings. The maximum absolute atomic E-state index is 12.9. The fourth-order valence-corrected chi connectivity index (χ4v) is 3.42. The number of rotatable bonds is 10. The summed E-state index contributed by atoms with van der Waals surface area (Å²) in [6.45, 7) is 6.51. The summed E-state index contributed by atoms with van der Waals surface area (Å²) in [4.78, 5) is 27.4. The first kappa shape index (κ1) is 23.6. The van der Waals surface area contributed by atoms with Gasteiger partial charge in [0.1, 0.15) is 6.04 Å². The van der Waals surface area contributed by atoms with Gasteiger partial charge in [0.05, 0.1) is 12.5 Å². The number of hydrogen-bond acceptors (Lipinski definition) is 3. The van der Waals surface area contributed by atoms with Gasteiger partial charge in [-0.25, -0.2) is 0 Å². The Kier molecular flexibility index (Phi) is 9.06. The van der Waals surface area contributed by atoms with Crippen molar-refractivity contribution in [3.8, 4) is 0 Å². The molecule has 2 aromatic rings. The van der Waals surface area contributed by atoms with Crippen molar-refractivity contribution < 1.29 is 9.59 Å². The molecule has 0 spiro atoms. The first-order valence-electron chi connectivity index (χ1n) is 10.7. The molecule has 2 atom stereocenters. The third-order valence-corrected chi connectivity index (χ3v) is 5.34. The van der Waals surface area contributed by atoms with E-state index in [9.17, 15) is 9.59 Å². The van der Waals surface area contributed by atoms with Crippen molar-refractivity contribution in [2.45, 2.75) is 45.7 Å². The number of nitrogens with zero attached hydrogens (tertiary/aromatic N) is 1. The Labute approximate surface area is 180 Å². The number of benzene rings is 2. The molecule has 0 aliphatic carbocycles. The monoisotopic (exact) mass is 409 g/mol. The molecule has 0 heterocycles. The highest BCUT2D eigenvalue weighted by Crippen LogP contribution is 2.18. The smallest absolute Gasteiger partial charge is 0.242 e. The van der Waals surface area contributed by atoms with Gasteiger partial charge < -0.3 is 15.5 Å². The number of carbonyl (C=O) groups excluding carboxylic acids is 2. The third kappa shape index (κ3) is 6.99. The molecule has 0 aromatic heterocycles. The third-order valence-electron chi connectivity index (χ3n) is 5.34. The van der Waals surface area contributed by atoms with Crippen LogP contribution in [0.15, 0.2) is 54.6 Å². The van der Waals surface area contributed by atoms with Gasteiger partial charge in [-0.15, -0.1) is 0 Å². The molecule has 0 aliphatic rings. The normalized spacial score (nSPS) is 13.2. The molecule has 0 radical (unpaired) electrons. The Morgan fingerprint density at radius 1 is 0.933 bits per heavy atom. The summed E-state index contributed by atoms with van der Waals surface area (Å²) in [5.74, 6) is -0.302. The van der Waals surface area contributed by atoms with E-state index in [1.54, 1.807) is 0 Å². The van der Waals surface area contributed by atoms with E-state index >= 15 is 0 Å². The van der Waals surface area contributed by atoms with Gasteiger partial charge in [-0.2, -0.15) is 0 Å². The molecule has 2 unspecified atom stereocenters. The average Bonchev–Trinajstić information content (AvgIpc) is 2.72. The lowest BCUT2D eigenvalue weighted by Gasteiger charge is -2.27. The van der Waals surface area contributed by atoms with E-state index in [-0.39, 0.29) is 30.2 Å². The Balaban J connectivity index is 1.99. The van der Waals surface area contributed by atoms with Crippen LogP contribution in [0.3, 0.4) is 0 Å². The number of carbonyl (C=O) groups is 2. The van der Waals surface area contributed by atoms with Crippen LogP contribution < -0.4 is 10.6 Å². The predicted molar refractivity (Wildman–Crippen MR) is 122 cm³/mol. The molecular formula is C25H35N3O2. The molecule has 162 valence electrons. The van der Waals surface area contributed by atoms with Crippen LogP contribution in [-0.2, 0) is 22.4 Å². The minimum absolute atomic E-state index is 0.00799. The molecule has 30 heavy (non-hydrogen) atoms. The topological polar surface area (TPSA) is 61.4 Å². The first-order valence-corrected chi connectivity index (χ1v) is 10.7. The molecule has 0 saturated heterocycles. The van der Waals surface area contributed by atoms with E-state index in [4.69, 9.17) is 0 Å². The van der Waals surface area contributed by atoms with Crippen LogP contribution in [-0.4, -0.2) is 43.4 Å². The van der Waals surface area contributed by atoms with Crippen LogP contribution in [0.25, 0.3) is 0 Å². The Hall–Kier alpha value is -2.66. The summed E-state index contributed by atoms with van der Waals surface area (Å²) in [5.41, 5.74) is 3.38. The number of hydrogen-bond donors (Lipinski definition) is 2. The van der Waals surface area contributed by atoms with E-state index in [0.717, 1.165) is 17.5 Å². The van der Waals surface area contributed by atoms with Gasteiger partial charge in [-0.05, 0) is 43.1 Å². The van der Waals surface area contributed by atoms with Gasteiger partial charge in [-0.1, -0.05) is 75.4 Å². The molecule has 5 nitrogen and oxygen atoms in total. The molecule has 0 aliphatic heterocycles. The highest BCUT2D eigenvalue weighted by atomic mass is 16.2. The molecular weight excluding hydrogens is 374 g/mol. The van der Waals surface area contributed by atoms with Gasteiger partial charge >= 0.3 is 0 Å². The van der Waals surface area contributed by atoms with Crippen molar-refractivity contribution in [2.24, 2.45) is 5.92 Å². The second-order valence-electron chi connectivity index (χ2n) is 8.27. The summed E-state index contributed by atoms with van der Waals surface area (Å²) < 4.78 is 0. The number of amides is 2. The van der Waals surface area contributed by atoms with Crippen LogP contribution in [0.5, 0.6) is 0 Å². The molecule has 2 aromatic carbocycles. The Bertz CT molecular complexity index is 801. The standard InChI is InChI=1S/C25H35N3O2/c1-6-19-12-14-21(15-13-19)22(28(4)5)17-26-25(30)24(18(2)3)27-23(29)16-20-10-8-7-9-11-20/h7-15,18,22,24H,6,16-17H2,1-5H3,(H,26,30)(H,27,29). The minimum atomic E-state index is -0.563. The first-order chi connectivity index (χ1) is 14.3. The van der Waals surface area contributed by atoms with Gasteiger partial charge in [0.25, 0.3) is 0 Å². The fourth-order valence-electron chi connectivity index (χ4n) is 3.42. The van der Waals surface area contributed by atoms with Crippen molar-refractivity contribution in [3.63, 3.8) is 0 Å². The zero-order valence-electron chi connectivity index (χ0n) is 18.8. The lowest BCUT2D eigenvalue weighted by molar-refractivity contribution is -0.129. The number of aryl methyl sites for hydroxylation is 1. The second-order valence-corrected chi connectivity index (χ2v) is 8.27. The summed E-state index contributed by atoms with van der Waals surface area (Å²) in [5, 5.41) is 5.95. The molecule has 2 amide bonds. The van der Waals surface area contributed by atoms with E-state index in [2.05, 4.69) is 46.7 Å². The maximum Gasteiger partial charge on any atom is 0.242 e. The van der Waals surface area contributed by atoms with Gasteiger partial charge in [-0.3, -0.25) is 9.59 Å². The van der Waals surface area contributed by atoms with Gasteiger partial charge in [0.15, 0.2) is 0 Å². The van der Waals surface area contributed by atoms with Crippen molar-refractivity contribution >= 4 is 11.8 Å². The molecule has 0 bridgehead atoms. The van der Waals surface area contributed by atoms with E-state index in [1.165, 1.54) is 5.56 Å². The summed E-state index contributed by atoms with van der Waals surface area (Å²) >= 11 is 0. The van der Waals surface area contributed by atoms with E-state index in [0.29, 0.717) is 6.54 Å². The van der Waals surface area contributed by atoms with Crippen LogP contribution in [0.4, 0.5) is 0 Å². The van der Waals surface area contributed by atoms with Crippen LogP contribution in [0.2, 0.25) is 0 Å². The summed E-state index contributed by atoms with van der Waals surface area (Å²) in [7, 11) is 4.01. The summed E-state index contributed by atoms with van der Waals surface area (Å²) in [6, 6.07) is 17.6. The minimum Gasteiger partial charge on any atom is -0.352 e. The molecule has 0 saturated carbocycles. The van der Waals surface area contributed by atoms with Crippen LogP contribution in [0, 0.1) is 5.92 Å². The zero-order valence-corrected chi connectivity index (χ0v) is 18.8. The molecule has 2 rings (SSSR count). The van der Waals surface area contributed by atoms with Crippen LogP contribution in [0.1, 0.15) is 43.5 Å². The molecule has 5 heteroatoms. The lowest BCUT2D eigenvalue weighted by atomic mass is 10.0. The van der Waals surface area contributed by atoms with Gasteiger partial charge in [0, 0.05) is 6.54 Å². The summed E-state index contributed by atoms with van der Waals surface area (Å²) in [6.07, 6.45) is 1.27. The predicted octanol–water partition coefficient (Wildman–Crippen LogP) is 3.35. The SMILES string of the molecule is CCc1ccc(C(CNC(=O)C(NC(=O)Cc2ccccc2)C(C)C)N(C)C)cc1. The maximum atomic E-state index is 12.9. The van der Waals surface area contributed by atoms with Crippen molar-refractivity contribution in [3.05, 3.63) is 71.3 Å². The van der Waals surface area contributed by atoms with Crippen molar-refractivity contribution in [1.29, 1.82) is 0 Å². The highest BCUT2D eigenvalue weighted by Gasteiger charge is 2.25. The average molecular weight is 410 g/mol. The fraction of sp³-hybridized carbons (Fsp3) is 0.440. The lowest BCUT2D eigenvalue weighted by Crippen LogP contribution is -2.51. The van der Waals surface area contributed by atoms with E-state index < -0.39 is 6.04 Å². The Morgan fingerprint density at radius 3 is 2.10 bits per heavy atom. The van der Waals surface area contributed by atoms with Crippen molar-refractivity contribution in [1.82, 2.24) is 15.5 Å². The van der Waals surface area contributed by atoms with E-state index in [1.807, 2.05) is 58.3 Å². The van der Waals surface area contributed by atoms with Gasteiger partial charge in [0.2, 0.25) is 11.8 Å².